The molecule has 1 aromatic rings. The molecule has 1 N–H and O–H groups in total. The Bertz CT molecular complexity index is 302. The van der Waals surface area contributed by atoms with Crippen LogP contribution in [0.25, 0.3) is 0 Å². The quantitative estimate of drug-likeness (QED) is 0.746. The van der Waals surface area contributed by atoms with Crippen molar-refractivity contribution in [2.45, 2.75) is 32.7 Å². The lowest BCUT2D eigenvalue weighted by atomic mass is 9.99. The smallest absolute Gasteiger partial charge is 0.0945 e. The van der Waals surface area contributed by atoms with Crippen LogP contribution in [0.15, 0.2) is 18.7 Å². The lowest BCUT2D eigenvalue weighted by Gasteiger charge is -2.30. The van der Waals surface area contributed by atoms with E-state index in [-0.39, 0.29) is 0 Å². The van der Waals surface area contributed by atoms with Gasteiger partial charge in [-0.3, -0.25) is 0 Å². The van der Waals surface area contributed by atoms with E-state index in [0.29, 0.717) is 0 Å². The molecule has 1 aliphatic heterocycles. The lowest BCUT2D eigenvalue weighted by Crippen LogP contribution is -2.38. The Balaban J connectivity index is 1.44. The summed E-state index contributed by atoms with van der Waals surface area (Å²) in [6.45, 7) is 9.44. The average Bonchev–Trinajstić information content (AvgIpc) is 2.89. The number of rotatable bonds is 7. The summed E-state index contributed by atoms with van der Waals surface area (Å²) in [5, 5.41) is 3.53. The predicted octanol–water partition coefficient (Wildman–Crippen LogP) is 1.59. The van der Waals surface area contributed by atoms with Crippen LogP contribution in [-0.4, -0.2) is 47.2 Å². The minimum Gasteiger partial charge on any atom is -0.337 e. The molecule has 0 aliphatic carbocycles. The Morgan fingerprint density at radius 3 is 2.78 bits per heavy atom. The highest BCUT2D eigenvalue weighted by atomic mass is 15.1. The van der Waals surface area contributed by atoms with Crippen LogP contribution in [0.1, 0.15) is 26.2 Å². The third-order valence-electron chi connectivity index (χ3n) is 3.81. The first-order chi connectivity index (χ1) is 8.84. The lowest BCUT2D eigenvalue weighted by molar-refractivity contribution is 0.193. The maximum absolute atomic E-state index is 4.04. The van der Waals surface area contributed by atoms with Crippen LogP contribution in [0, 0.1) is 5.92 Å². The van der Waals surface area contributed by atoms with Gasteiger partial charge in [-0.1, -0.05) is 6.92 Å². The van der Waals surface area contributed by atoms with Gasteiger partial charge in [0.15, 0.2) is 0 Å². The largest absolute Gasteiger partial charge is 0.337 e. The van der Waals surface area contributed by atoms with Gasteiger partial charge in [0.25, 0.3) is 0 Å². The van der Waals surface area contributed by atoms with Gasteiger partial charge in [0.1, 0.15) is 0 Å². The van der Waals surface area contributed by atoms with Crippen LogP contribution in [0.2, 0.25) is 0 Å². The second kappa shape index (κ2) is 7.54. The van der Waals surface area contributed by atoms with Gasteiger partial charge < -0.3 is 14.8 Å². The Labute approximate surface area is 110 Å². The van der Waals surface area contributed by atoms with E-state index in [4.69, 9.17) is 0 Å². The molecule has 2 heterocycles. The van der Waals surface area contributed by atoms with Gasteiger partial charge in [-0.05, 0) is 44.8 Å². The van der Waals surface area contributed by atoms with E-state index in [1.54, 1.807) is 0 Å². The van der Waals surface area contributed by atoms with Crippen LogP contribution in [0.3, 0.4) is 0 Å². The van der Waals surface area contributed by atoms with Crippen molar-refractivity contribution in [1.82, 2.24) is 19.8 Å². The van der Waals surface area contributed by atoms with Crippen LogP contribution < -0.4 is 5.32 Å². The summed E-state index contributed by atoms with van der Waals surface area (Å²) >= 11 is 0. The monoisotopic (exact) mass is 250 g/mol. The molecule has 0 bridgehead atoms. The molecule has 0 amide bonds. The number of likely N-dealkylation sites (tertiary alicyclic amines) is 1. The summed E-state index contributed by atoms with van der Waals surface area (Å²) < 4.78 is 2.13. The van der Waals surface area contributed by atoms with E-state index < -0.39 is 0 Å². The number of hydrogen-bond acceptors (Lipinski definition) is 3. The number of piperidine rings is 1. The molecule has 1 aliphatic rings. The molecule has 0 saturated carbocycles. The van der Waals surface area contributed by atoms with Crippen molar-refractivity contribution >= 4 is 0 Å². The van der Waals surface area contributed by atoms with Crippen LogP contribution in [-0.2, 0) is 6.54 Å². The van der Waals surface area contributed by atoms with Gasteiger partial charge in [-0.25, -0.2) is 4.98 Å². The Morgan fingerprint density at radius 2 is 2.06 bits per heavy atom. The fourth-order valence-electron chi connectivity index (χ4n) is 2.45. The maximum Gasteiger partial charge on any atom is 0.0945 e. The molecular weight excluding hydrogens is 224 g/mol. The third kappa shape index (κ3) is 4.78. The number of nitrogens with one attached hydrogen (secondary N) is 1. The van der Waals surface area contributed by atoms with E-state index in [9.17, 15) is 0 Å². The van der Waals surface area contributed by atoms with Crippen molar-refractivity contribution in [3.63, 3.8) is 0 Å². The van der Waals surface area contributed by atoms with Crippen molar-refractivity contribution in [3.05, 3.63) is 18.7 Å². The highest BCUT2D eigenvalue weighted by molar-refractivity contribution is 4.74. The van der Waals surface area contributed by atoms with Crippen LogP contribution in [0.5, 0.6) is 0 Å². The molecule has 0 radical (unpaired) electrons. The topological polar surface area (TPSA) is 33.1 Å². The average molecular weight is 250 g/mol. The molecule has 4 heteroatoms. The fourth-order valence-corrected chi connectivity index (χ4v) is 2.45. The summed E-state index contributed by atoms with van der Waals surface area (Å²) in [5.74, 6) is 0.935. The highest BCUT2D eigenvalue weighted by Crippen LogP contribution is 2.14. The van der Waals surface area contributed by atoms with Gasteiger partial charge in [-0.15, -0.1) is 0 Å². The van der Waals surface area contributed by atoms with Crippen molar-refractivity contribution in [1.29, 1.82) is 0 Å². The zero-order valence-corrected chi connectivity index (χ0v) is 11.5. The number of aromatic nitrogens is 2. The van der Waals surface area contributed by atoms with E-state index in [1.165, 1.54) is 38.9 Å². The molecule has 1 aromatic heterocycles. The first-order valence-corrected chi connectivity index (χ1v) is 7.23. The van der Waals surface area contributed by atoms with Gasteiger partial charge in [0.2, 0.25) is 0 Å². The summed E-state index contributed by atoms with van der Waals surface area (Å²) in [4.78, 5) is 6.63. The SMILES string of the molecule is CC1CCN(CCNCCCn2ccnc2)CC1. The number of imidazole rings is 1. The van der Waals surface area contributed by atoms with Crippen molar-refractivity contribution in [3.8, 4) is 0 Å². The van der Waals surface area contributed by atoms with Crippen molar-refractivity contribution in [2.24, 2.45) is 5.92 Å². The summed E-state index contributed by atoms with van der Waals surface area (Å²) in [7, 11) is 0. The van der Waals surface area contributed by atoms with Crippen molar-refractivity contribution in [2.75, 3.05) is 32.7 Å². The van der Waals surface area contributed by atoms with Crippen LogP contribution in [0.4, 0.5) is 0 Å². The Morgan fingerprint density at radius 1 is 1.22 bits per heavy atom. The Kier molecular flexibility index (Phi) is 5.68. The molecule has 0 atom stereocenters. The number of aryl methyl sites for hydroxylation is 1. The van der Waals surface area contributed by atoms with E-state index in [2.05, 4.69) is 26.7 Å². The summed E-state index contributed by atoms with van der Waals surface area (Å²) in [6.07, 6.45) is 9.67. The molecule has 1 saturated heterocycles. The minimum absolute atomic E-state index is 0.935. The van der Waals surface area contributed by atoms with Crippen molar-refractivity contribution < 1.29 is 0 Å². The van der Waals surface area contributed by atoms with Gasteiger partial charge >= 0.3 is 0 Å². The molecule has 0 unspecified atom stereocenters. The predicted molar refractivity (Wildman–Crippen MR) is 74.6 cm³/mol. The standard InChI is InChI=1S/C14H26N4/c1-14-3-9-17(10-4-14)11-6-15-5-2-8-18-12-7-16-13-18/h7,12-15H,2-6,8-11H2,1H3. The fraction of sp³-hybridized carbons (Fsp3) is 0.786. The van der Waals surface area contributed by atoms with Crippen LogP contribution >= 0.6 is 0 Å². The van der Waals surface area contributed by atoms with Gasteiger partial charge in [-0.2, -0.15) is 0 Å². The molecule has 2 rings (SSSR count). The van der Waals surface area contributed by atoms with E-state index >= 15 is 0 Å². The zero-order chi connectivity index (χ0) is 12.6. The first kappa shape index (κ1) is 13.6. The molecule has 102 valence electrons. The second-order valence-electron chi connectivity index (χ2n) is 5.43. The zero-order valence-electron chi connectivity index (χ0n) is 11.5. The molecule has 0 aromatic carbocycles. The normalized spacial score (nSPS) is 18.3. The molecule has 0 spiro atoms. The van der Waals surface area contributed by atoms with Gasteiger partial charge in [0, 0.05) is 32.0 Å². The number of nitrogens with zero attached hydrogens (tertiary/aromatic N) is 3. The second-order valence-corrected chi connectivity index (χ2v) is 5.43. The summed E-state index contributed by atoms with van der Waals surface area (Å²) in [5.41, 5.74) is 0. The molecular formula is C14H26N4. The number of hydrogen-bond donors (Lipinski definition) is 1. The highest BCUT2D eigenvalue weighted by Gasteiger charge is 2.14. The first-order valence-electron chi connectivity index (χ1n) is 7.23. The minimum atomic E-state index is 0.935. The molecule has 1 fully saturated rings. The van der Waals surface area contributed by atoms with Gasteiger partial charge in [0.05, 0.1) is 6.33 Å². The molecule has 18 heavy (non-hydrogen) atoms. The summed E-state index contributed by atoms with van der Waals surface area (Å²) in [6, 6.07) is 0. The maximum atomic E-state index is 4.04. The van der Waals surface area contributed by atoms with E-state index in [0.717, 1.165) is 25.6 Å². The Hall–Kier alpha value is -0.870. The van der Waals surface area contributed by atoms with E-state index in [1.807, 2.05) is 18.7 Å². The third-order valence-corrected chi connectivity index (χ3v) is 3.81. The molecule has 4 nitrogen and oxygen atoms in total.